The predicted octanol–water partition coefficient (Wildman–Crippen LogP) is 4.21. The third-order valence-electron chi connectivity index (χ3n) is 5.93. The fourth-order valence-electron chi connectivity index (χ4n) is 4.45. The summed E-state index contributed by atoms with van der Waals surface area (Å²) >= 11 is 1.44. The van der Waals surface area contributed by atoms with Crippen molar-refractivity contribution in [3.8, 4) is 11.3 Å². The molecule has 1 saturated heterocycles. The number of hydrogen-bond donors (Lipinski definition) is 2. The Kier molecular flexibility index (Phi) is 5.08. The maximum atomic E-state index is 4.81. The first-order chi connectivity index (χ1) is 16.3. The molecule has 1 aliphatic rings. The van der Waals surface area contributed by atoms with Crippen molar-refractivity contribution in [1.29, 1.82) is 0 Å². The van der Waals surface area contributed by atoms with Crippen LogP contribution in [-0.2, 0) is 0 Å². The molecule has 0 bridgehead atoms. The molecule has 0 spiro atoms. The monoisotopic (exact) mass is 457 g/mol. The summed E-state index contributed by atoms with van der Waals surface area (Å²) in [5, 5.41) is 11.3. The Hall–Kier alpha value is -3.63. The summed E-state index contributed by atoms with van der Waals surface area (Å²) in [5.74, 6) is 0.704. The molecule has 0 radical (unpaired) electrons. The van der Waals surface area contributed by atoms with Gasteiger partial charge in [-0.1, -0.05) is 6.07 Å². The van der Waals surface area contributed by atoms with Crippen LogP contribution in [0.5, 0.6) is 0 Å². The van der Waals surface area contributed by atoms with E-state index in [1.807, 2.05) is 48.2 Å². The summed E-state index contributed by atoms with van der Waals surface area (Å²) in [5.41, 5.74) is 5.62. The Morgan fingerprint density at radius 2 is 2.03 bits per heavy atom. The number of imidazole rings is 1. The van der Waals surface area contributed by atoms with Crippen molar-refractivity contribution in [3.05, 3.63) is 72.3 Å². The second-order valence-electron chi connectivity index (χ2n) is 8.20. The van der Waals surface area contributed by atoms with Crippen molar-refractivity contribution >= 4 is 28.0 Å². The Balaban J connectivity index is 1.34. The summed E-state index contributed by atoms with van der Waals surface area (Å²) in [7, 11) is 0. The Morgan fingerprint density at radius 1 is 1.12 bits per heavy atom. The molecule has 1 atom stereocenters. The molecule has 0 aliphatic carbocycles. The first-order valence-corrected chi connectivity index (χ1v) is 11.8. The van der Waals surface area contributed by atoms with Gasteiger partial charge in [0.25, 0.3) is 0 Å². The van der Waals surface area contributed by atoms with E-state index in [0.717, 1.165) is 52.1 Å². The van der Waals surface area contributed by atoms with Gasteiger partial charge in [0, 0.05) is 24.2 Å². The molecule has 166 valence electrons. The van der Waals surface area contributed by atoms with E-state index in [1.165, 1.54) is 24.4 Å². The highest BCUT2D eigenvalue weighted by Gasteiger charge is 2.28. The molecule has 1 aliphatic heterocycles. The van der Waals surface area contributed by atoms with Gasteiger partial charge in [-0.25, -0.2) is 9.97 Å². The lowest BCUT2D eigenvalue weighted by molar-refractivity contribution is 0.273. The van der Waals surface area contributed by atoms with Crippen LogP contribution in [0.2, 0.25) is 0 Å². The maximum absolute atomic E-state index is 4.81. The van der Waals surface area contributed by atoms with Crippen LogP contribution >= 0.6 is 11.5 Å². The van der Waals surface area contributed by atoms with Crippen LogP contribution in [0, 0.1) is 6.92 Å². The molecule has 10 heteroatoms. The minimum atomic E-state index is 0.0603. The van der Waals surface area contributed by atoms with Crippen LogP contribution in [-0.4, -0.2) is 51.9 Å². The molecule has 5 aromatic heterocycles. The van der Waals surface area contributed by atoms with E-state index in [1.54, 1.807) is 6.20 Å². The molecule has 0 aromatic carbocycles. The number of fused-ring (bicyclic) bond motifs is 1. The number of pyridine rings is 1. The molecule has 2 N–H and O–H groups in total. The van der Waals surface area contributed by atoms with Gasteiger partial charge in [0.15, 0.2) is 11.5 Å². The first-order valence-electron chi connectivity index (χ1n) is 11.0. The average Bonchev–Trinajstić information content (AvgIpc) is 3.62. The Labute approximate surface area is 194 Å². The van der Waals surface area contributed by atoms with Crippen LogP contribution in [0.25, 0.3) is 16.9 Å². The average molecular weight is 458 g/mol. The van der Waals surface area contributed by atoms with Crippen LogP contribution < -0.4 is 5.32 Å². The molecule has 5 aromatic rings. The number of rotatable bonds is 6. The highest BCUT2D eigenvalue weighted by molar-refractivity contribution is 7.10. The number of likely N-dealkylation sites (tertiary alicyclic amines) is 1. The smallest absolute Gasteiger partial charge is 0.180 e. The van der Waals surface area contributed by atoms with E-state index in [9.17, 15) is 0 Å². The minimum Gasteiger partial charge on any atom is -0.328 e. The van der Waals surface area contributed by atoms with Crippen molar-refractivity contribution in [3.63, 3.8) is 0 Å². The van der Waals surface area contributed by atoms with Gasteiger partial charge in [0.05, 0.1) is 41.2 Å². The van der Waals surface area contributed by atoms with Gasteiger partial charge in [-0.15, -0.1) is 0 Å². The van der Waals surface area contributed by atoms with Crippen molar-refractivity contribution < 1.29 is 0 Å². The normalized spacial score (nSPS) is 15.3. The number of nitrogens with zero attached hydrogens (tertiary/aromatic N) is 7. The summed E-state index contributed by atoms with van der Waals surface area (Å²) < 4.78 is 6.85. The van der Waals surface area contributed by atoms with Crippen LogP contribution in [0.1, 0.15) is 36.0 Å². The van der Waals surface area contributed by atoms with E-state index in [-0.39, 0.29) is 6.04 Å². The second-order valence-corrected chi connectivity index (χ2v) is 9.00. The summed E-state index contributed by atoms with van der Waals surface area (Å²) in [6.07, 6.45) is 11.8. The molecular weight excluding hydrogens is 434 g/mol. The van der Waals surface area contributed by atoms with E-state index < -0.39 is 0 Å². The zero-order chi connectivity index (χ0) is 22.2. The zero-order valence-corrected chi connectivity index (χ0v) is 19.0. The molecule has 1 unspecified atom stereocenters. The third kappa shape index (κ3) is 3.77. The Bertz CT molecular complexity index is 1370. The SMILES string of the molecule is Cc1cn2c(-c3cn[nH]c3)cnc2c(Nc2cc(C(c3ccccn3)N3CCCC3)ns2)n1. The number of aromatic nitrogens is 7. The predicted molar refractivity (Wildman–Crippen MR) is 128 cm³/mol. The molecule has 1 fully saturated rings. The lowest BCUT2D eigenvalue weighted by Crippen LogP contribution is -2.27. The van der Waals surface area contributed by atoms with Crippen LogP contribution in [0.3, 0.4) is 0 Å². The van der Waals surface area contributed by atoms with Gasteiger partial charge in [-0.05, 0) is 62.6 Å². The van der Waals surface area contributed by atoms with Gasteiger partial charge < -0.3 is 5.32 Å². The fourth-order valence-corrected chi connectivity index (χ4v) is 5.13. The summed E-state index contributed by atoms with van der Waals surface area (Å²) in [6.45, 7) is 4.10. The number of nitrogens with one attached hydrogen (secondary N) is 2. The second kappa shape index (κ2) is 8.38. The minimum absolute atomic E-state index is 0.0603. The lowest BCUT2D eigenvalue weighted by Gasteiger charge is -2.25. The quantitative estimate of drug-likeness (QED) is 0.394. The number of H-pyrrole nitrogens is 1. The van der Waals surface area contributed by atoms with Gasteiger partial charge in [0.2, 0.25) is 0 Å². The molecule has 9 nitrogen and oxygen atoms in total. The van der Waals surface area contributed by atoms with E-state index in [4.69, 9.17) is 9.36 Å². The largest absolute Gasteiger partial charge is 0.328 e. The maximum Gasteiger partial charge on any atom is 0.180 e. The Morgan fingerprint density at radius 3 is 2.82 bits per heavy atom. The zero-order valence-electron chi connectivity index (χ0n) is 18.1. The topological polar surface area (TPSA) is 99.9 Å². The van der Waals surface area contributed by atoms with Crippen LogP contribution in [0.4, 0.5) is 10.8 Å². The van der Waals surface area contributed by atoms with Gasteiger partial charge in [0.1, 0.15) is 5.00 Å². The van der Waals surface area contributed by atoms with Crippen molar-refractivity contribution in [2.75, 3.05) is 18.4 Å². The molecule has 6 heterocycles. The number of anilines is 2. The highest BCUT2D eigenvalue weighted by atomic mass is 32.1. The standard InChI is InChI=1S/C23H23N9S/c1-15-14-32-19(16-11-26-27-12-16)13-25-23(32)22(28-15)29-20-10-18(30-33-20)21(31-8-4-5-9-31)17-6-2-3-7-24-17/h2-3,6-7,10-14,21H,4-5,8-9H2,1H3,(H,26,27)(H,28,29). The van der Waals surface area contributed by atoms with Crippen molar-refractivity contribution in [2.45, 2.75) is 25.8 Å². The fraction of sp³-hybridized carbons (Fsp3) is 0.261. The number of aryl methyl sites for hydroxylation is 1. The third-order valence-corrected chi connectivity index (χ3v) is 6.65. The number of aromatic amines is 1. The molecule has 0 saturated carbocycles. The van der Waals surface area contributed by atoms with Gasteiger partial charge in [-0.3, -0.25) is 19.4 Å². The highest BCUT2D eigenvalue weighted by Crippen LogP contribution is 2.34. The lowest BCUT2D eigenvalue weighted by atomic mass is 10.1. The van der Waals surface area contributed by atoms with Gasteiger partial charge >= 0.3 is 0 Å². The molecule has 33 heavy (non-hydrogen) atoms. The molecule has 0 amide bonds. The van der Waals surface area contributed by atoms with E-state index in [0.29, 0.717) is 5.82 Å². The van der Waals surface area contributed by atoms with E-state index in [2.05, 4.69) is 42.5 Å². The van der Waals surface area contributed by atoms with E-state index >= 15 is 0 Å². The summed E-state index contributed by atoms with van der Waals surface area (Å²) in [6, 6.07) is 8.26. The van der Waals surface area contributed by atoms with Crippen molar-refractivity contribution in [2.24, 2.45) is 0 Å². The summed E-state index contributed by atoms with van der Waals surface area (Å²) in [4.78, 5) is 16.5. The van der Waals surface area contributed by atoms with Gasteiger partial charge in [-0.2, -0.15) is 9.47 Å². The van der Waals surface area contributed by atoms with Crippen molar-refractivity contribution in [1.82, 2.24) is 38.8 Å². The first kappa shape index (κ1) is 20.0. The van der Waals surface area contributed by atoms with Crippen LogP contribution in [0.15, 0.2) is 55.2 Å². The molecule has 6 rings (SSSR count). The molecular formula is C23H23N9S. The number of hydrogen-bond acceptors (Lipinski definition) is 8.